The van der Waals surface area contributed by atoms with Crippen molar-refractivity contribution < 1.29 is 0 Å². The Labute approximate surface area is 116 Å². The van der Waals surface area contributed by atoms with Crippen LogP contribution in [-0.4, -0.2) is 14.5 Å². The summed E-state index contributed by atoms with van der Waals surface area (Å²) < 4.78 is 5.15. The van der Waals surface area contributed by atoms with Crippen LogP contribution in [-0.2, 0) is 20.0 Å². The molecule has 1 N–H and O–H groups in total. The van der Waals surface area contributed by atoms with Crippen molar-refractivity contribution in [3.63, 3.8) is 0 Å². The molecule has 0 aliphatic carbocycles. The van der Waals surface area contributed by atoms with Gasteiger partial charge in [0.2, 0.25) is 0 Å². The van der Waals surface area contributed by atoms with Gasteiger partial charge in [-0.3, -0.25) is 9.36 Å². The highest BCUT2D eigenvalue weighted by Gasteiger charge is 2.12. The van der Waals surface area contributed by atoms with Gasteiger partial charge >= 0.3 is 0 Å². The Morgan fingerprint density at radius 2 is 1.89 bits per heavy atom. The Bertz CT molecular complexity index is 534. The number of nitrogens with zero attached hydrogens (tertiary/aromatic N) is 3. The second kappa shape index (κ2) is 5.18. The SMILES string of the molecule is CCc1nn(C)c(CNn2c(C)ccc2C)c1Br. The van der Waals surface area contributed by atoms with Crippen LogP contribution in [0.25, 0.3) is 0 Å². The monoisotopic (exact) mass is 310 g/mol. The van der Waals surface area contributed by atoms with E-state index in [1.165, 1.54) is 17.1 Å². The lowest BCUT2D eigenvalue weighted by atomic mass is 10.3. The van der Waals surface area contributed by atoms with Gasteiger partial charge in [-0.25, -0.2) is 0 Å². The molecule has 0 aliphatic rings. The van der Waals surface area contributed by atoms with Crippen LogP contribution in [0.1, 0.15) is 29.7 Å². The highest BCUT2D eigenvalue weighted by atomic mass is 79.9. The number of hydrogen-bond acceptors (Lipinski definition) is 2. The van der Waals surface area contributed by atoms with Gasteiger partial charge in [-0.15, -0.1) is 0 Å². The van der Waals surface area contributed by atoms with Crippen LogP contribution in [0.5, 0.6) is 0 Å². The number of halogens is 1. The standard InChI is InChI=1S/C13H19BrN4/c1-5-11-13(14)12(17(4)16-11)8-15-18-9(2)6-7-10(18)3/h6-7,15H,5,8H2,1-4H3. The predicted molar refractivity (Wildman–Crippen MR) is 77.3 cm³/mol. The van der Waals surface area contributed by atoms with Crippen LogP contribution in [0, 0.1) is 13.8 Å². The van der Waals surface area contributed by atoms with Crippen LogP contribution >= 0.6 is 15.9 Å². The molecule has 0 amide bonds. The van der Waals surface area contributed by atoms with Gasteiger partial charge in [-0.05, 0) is 48.3 Å². The van der Waals surface area contributed by atoms with Crippen LogP contribution in [0.4, 0.5) is 0 Å². The minimum absolute atomic E-state index is 0.750. The third kappa shape index (κ3) is 2.32. The topological polar surface area (TPSA) is 34.8 Å². The maximum absolute atomic E-state index is 4.49. The van der Waals surface area contributed by atoms with E-state index in [4.69, 9.17) is 0 Å². The van der Waals surface area contributed by atoms with E-state index < -0.39 is 0 Å². The molecule has 0 saturated heterocycles. The second-order valence-electron chi connectivity index (χ2n) is 4.47. The molecule has 0 aliphatic heterocycles. The van der Waals surface area contributed by atoms with E-state index in [1.54, 1.807) is 0 Å². The highest BCUT2D eigenvalue weighted by Crippen LogP contribution is 2.21. The zero-order valence-electron chi connectivity index (χ0n) is 11.3. The lowest BCUT2D eigenvalue weighted by Crippen LogP contribution is -2.18. The molecule has 0 atom stereocenters. The minimum Gasteiger partial charge on any atom is -0.320 e. The van der Waals surface area contributed by atoms with E-state index in [0.29, 0.717) is 0 Å². The molecule has 0 spiro atoms. The summed E-state index contributed by atoms with van der Waals surface area (Å²) in [5.74, 6) is 0. The van der Waals surface area contributed by atoms with Crippen LogP contribution in [0.15, 0.2) is 16.6 Å². The summed E-state index contributed by atoms with van der Waals surface area (Å²) in [7, 11) is 1.98. The molecular weight excluding hydrogens is 292 g/mol. The summed E-state index contributed by atoms with van der Waals surface area (Å²) in [4.78, 5) is 0. The summed E-state index contributed by atoms with van der Waals surface area (Å²) in [5, 5.41) is 4.49. The maximum atomic E-state index is 4.49. The van der Waals surface area contributed by atoms with Crippen molar-refractivity contribution in [1.82, 2.24) is 14.5 Å². The largest absolute Gasteiger partial charge is 0.320 e. The van der Waals surface area contributed by atoms with Crippen molar-refractivity contribution in [3.8, 4) is 0 Å². The lowest BCUT2D eigenvalue weighted by Gasteiger charge is -2.13. The summed E-state index contributed by atoms with van der Waals surface area (Å²) in [6, 6.07) is 4.22. The second-order valence-corrected chi connectivity index (χ2v) is 5.26. The predicted octanol–water partition coefficient (Wildman–Crippen LogP) is 2.91. The Morgan fingerprint density at radius 3 is 2.39 bits per heavy atom. The number of rotatable bonds is 4. The minimum atomic E-state index is 0.750. The van der Waals surface area contributed by atoms with Crippen LogP contribution in [0.2, 0.25) is 0 Å². The highest BCUT2D eigenvalue weighted by molar-refractivity contribution is 9.10. The first-order chi connectivity index (χ1) is 8.54. The number of hydrogen-bond donors (Lipinski definition) is 1. The Kier molecular flexibility index (Phi) is 3.80. The zero-order valence-corrected chi connectivity index (χ0v) is 12.9. The first kappa shape index (κ1) is 13.2. The molecule has 5 heteroatoms. The third-order valence-corrected chi connectivity index (χ3v) is 4.09. The molecule has 2 heterocycles. The number of nitrogens with one attached hydrogen (secondary N) is 1. The number of aromatic nitrogens is 3. The summed E-state index contributed by atoms with van der Waals surface area (Å²) in [6.07, 6.45) is 0.940. The fourth-order valence-electron chi connectivity index (χ4n) is 2.08. The smallest absolute Gasteiger partial charge is 0.0767 e. The van der Waals surface area contributed by atoms with Gasteiger partial charge < -0.3 is 5.43 Å². The first-order valence-electron chi connectivity index (χ1n) is 6.13. The number of aryl methyl sites for hydroxylation is 4. The molecule has 2 aromatic heterocycles. The van der Waals surface area contributed by atoms with Gasteiger partial charge in [0.05, 0.1) is 22.4 Å². The zero-order chi connectivity index (χ0) is 13.3. The van der Waals surface area contributed by atoms with Gasteiger partial charge in [-0.1, -0.05) is 6.92 Å². The molecule has 98 valence electrons. The summed E-state index contributed by atoms with van der Waals surface area (Å²) in [5.41, 5.74) is 8.11. The fourth-order valence-corrected chi connectivity index (χ4v) is 2.84. The average Bonchev–Trinajstić information content (AvgIpc) is 2.80. The van der Waals surface area contributed by atoms with Crippen LogP contribution < -0.4 is 5.43 Å². The molecule has 0 unspecified atom stereocenters. The Hall–Kier alpha value is -1.23. The van der Waals surface area contributed by atoms with Gasteiger partial charge in [0.1, 0.15) is 0 Å². The molecule has 18 heavy (non-hydrogen) atoms. The first-order valence-corrected chi connectivity index (χ1v) is 6.93. The molecule has 0 saturated carbocycles. The van der Waals surface area contributed by atoms with E-state index in [2.05, 4.69) is 64.0 Å². The lowest BCUT2D eigenvalue weighted by molar-refractivity contribution is 0.681. The average molecular weight is 311 g/mol. The molecule has 2 aromatic rings. The van der Waals surface area contributed by atoms with Gasteiger partial charge in [0.25, 0.3) is 0 Å². The quantitative estimate of drug-likeness (QED) is 0.942. The van der Waals surface area contributed by atoms with Crippen molar-refractivity contribution in [3.05, 3.63) is 39.4 Å². The van der Waals surface area contributed by atoms with Gasteiger partial charge in [-0.2, -0.15) is 5.10 Å². The molecule has 4 nitrogen and oxygen atoms in total. The molecule has 2 rings (SSSR count). The van der Waals surface area contributed by atoms with E-state index >= 15 is 0 Å². The van der Waals surface area contributed by atoms with Gasteiger partial charge in [0, 0.05) is 18.4 Å². The Balaban J connectivity index is 2.18. The summed E-state index contributed by atoms with van der Waals surface area (Å²) in [6.45, 7) is 7.05. The normalized spacial score (nSPS) is 10.9. The van der Waals surface area contributed by atoms with Crippen molar-refractivity contribution in [1.29, 1.82) is 0 Å². The fraction of sp³-hybridized carbons (Fsp3) is 0.462. The van der Waals surface area contributed by atoms with Crippen molar-refractivity contribution in [2.45, 2.75) is 33.7 Å². The third-order valence-electron chi connectivity index (χ3n) is 3.18. The maximum Gasteiger partial charge on any atom is 0.0767 e. The van der Waals surface area contributed by atoms with Crippen LogP contribution in [0.3, 0.4) is 0 Å². The van der Waals surface area contributed by atoms with Crippen molar-refractivity contribution in [2.75, 3.05) is 5.43 Å². The van der Waals surface area contributed by atoms with E-state index in [-0.39, 0.29) is 0 Å². The Morgan fingerprint density at radius 1 is 1.28 bits per heavy atom. The van der Waals surface area contributed by atoms with E-state index in [9.17, 15) is 0 Å². The molecule has 0 aromatic carbocycles. The molecular formula is C13H19BrN4. The van der Waals surface area contributed by atoms with Crippen molar-refractivity contribution in [2.24, 2.45) is 7.05 Å². The van der Waals surface area contributed by atoms with Gasteiger partial charge in [0.15, 0.2) is 0 Å². The van der Waals surface area contributed by atoms with Crippen molar-refractivity contribution >= 4 is 15.9 Å². The molecule has 0 radical (unpaired) electrons. The van der Waals surface area contributed by atoms with E-state index in [1.807, 2.05) is 11.7 Å². The molecule has 0 fully saturated rings. The van der Waals surface area contributed by atoms with E-state index in [0.717, 1.165) is 23.1 Å². The molecule has 0 bridgehead atoms. The summed E-state index contributed by atoms with van der Waals surface area (Å²) >= 11 is 3.63.